The van der Waals surface area contributed by atoms with Crippen molar-refractivity contribution >= 4 is 98.9 Å². The first-order valence-corrected chi connectivity index (χ1v) is 19.4. The fourth-order valence-electron chi connectivity index (χ4n) is 7.87. The van der Waals surface area contributed by atoms with Crippen molar-refractivity contribution < 1.29 is 4.42 Å². The molecule has 0 radical (unpaired) electrons. The molecule has 6 heteroatoms. The zero-order chi connectivity index (χ0) is 36.2. The zero-order valence-corrected chi connectivity index (χ0v) is 31.5. The van der Waals surface area contributed by atoms with E-state index in [1.54, 1.807) is 0 Å². The quantitative estimate of drug-likeness (QED) is 0.181. The van der Waals surface area contributed by atoms with Gasteiger partial charge in [0.15, 0.2) is 11.0 Å². The molecule has 4 aromatic heterocycles. The summed E-state index contributed by atoms with van der Waals surface area (Å²) < 4.78 is 11.3. The molecule has 0 aliphatic carbocycles. The highest BCUT2D eigenvalue weighted by Gasteiger charge is 2.26. The molecule has 10 rings (SSSR count). The minimum absolute atomic E-state index is 0.286. The van der Waals surface area contributed by atoms with Crippen molar-refractivity contribution in [1.29, 1.82) is 0 Å². The SMILES string of the molecule is C/C=c1\c(=C/CC)n(-c2nc3c(-c4ccccc4)c(-c4ccccc4)oc3nc2Cl)c2c3sc4c5ccccc5ccc4c3c3ccccc3c12.CC. The Morgan fingerprint density at radius 3 is 2.04 bits per heavy atom. The molecule has 0 bridgehead atoms. The number of hydrogen-bond acceptors (Lipinski definition) is 4. The zero-order valence-electron chi connectivity index (χ0n) is 29.9. The van der Waals surface area contributed by atoms with E-state index in [1.807, 2.05) is 61.6 Å². The fraction of sp³-hybridized carbons (Fsp3) is 0.106. The van der Waals surface area contributed by atoms with Crippen LogP contribution < -0.4 is 10.6 Å². The van der Waals surface area contributed by atoms with Gasteiger partial charge in [-0.3, -0.25) is 4.57 Å². The van der Waals surface area contributed by atoms with E-state index in [0.29, 0.717) is 17.0 Å². The van der Waals surface area contributed by atoms with Gasteiger partial charge in [0.25, 0.3) is 0 Å². The van der Waals surface area contributed by atoms with Crippen LogP contribution in [0.25, 0.3) is 104 Å². The lowest BCUT2D eigenvalue weighted by molar-refractivity contribution is 0.618. The monoisotopic (exact) mass is 725 g/mol. The second kappa shape index (κ2) is 13.3. The average Bonchev–Trinajstić information content (AvgIpc) is 3.89. The minimum atomic E-state index is 0.286. The molecule has 0 spiro atoms. The van der Waals surface area contributed by atoms with Crippen LogP contribution in [0.4, 0.5) is 0 Å². The Morgan fingerprint density at radius 1 is 0.698 bits per heavy atom. The van der Waals surface area contributed by atoms with Gasteiger partial charge in [-0.1, -0.05) is 166 Å². The van der Waals surface area contributed by atoms with E-state index >= 15 is 0 Å². The van der Waals surface area contributed by atoms with Gasteiger partial charge in [0, 0.05) is 31.6 Å². The summed E-state index contributed by atoms with van der Waals surface area (Å²) in [5.41, 5.74) is 5.02. The van der Waals surface area contributed by atoms with Crippen molar-refractivity contribution in [2.45, 2.75) is 34.1 Å². The van der Waals surface area contributed by atoms with Gasteiger partial charge in [-0.2, -0.15) is 4.98 Å². The van der Waals surface area contributed by atoms with Crippen molar-refractivity contribution in [1.82, 2.24) is 14.5 Å². The molecule has 53 heavy (non-hydrogen) atoms. The Balaban J connectivity index is 0.00000183. The number of thiophene rings is 1. The maximum absolute atomic E-state index is 7.27. The topological polar surface area (TPSA) is 43.9 Å². The van der Waals surface area contributed by atoms with Gasteiger partial charge < -0.3 is 4.42 Å². The van der Waals surface area contributed by atoms with Crippen LogP contribution in [0.1, 0.15) is 34.1 Å². The Bertz CT molecular complexity index is 3140. The molecular formula is C47H36ClN3OS. The van der Waals surface area contributed by atoms with Gasteiger partial charge in [0.05, 0.1) is 21.1 Å². The summed E-state index contributed by atoms with van der Waals surface area (Å²) in [5, 5.41) is 11.1. The minimum Gasteiger partial charge on any atom is -0.436 e. The number of rotatable bonds is 4. The molecular weight excluding hydrogens is 690 g/mol. The summed E-state index contributed by atoms with van der Waals surface area (Å²) in [6, 6.07) is 42.4. The number of benzene rings is 6. The second-order valence-electron chi connectivity index (χ2n) is 12.8. The molecule has 4 heterocycles. The first-order valence-electron chi connectivity index (χ1n) is 18.2. The Morgan fingerprint density at radius 2 is 1.34 bits per heavy atom. The van der Waals surface area contributed by atoms with E-state index in [1.165, 1.54) is 47.1 Å². The molecule has 0 saturated carbocycles. The van der Waals surface area contributed by atoms with E-state index in [4.69, 9.17) is 26.0 Å². The van der Waals surface area contributed by atoms with Gasteiger partial charge in [0.2, 0.25) is 5.71 Å². The molecule has 0 aliphatic heterocycles. The van der Waals surface area contributed by atoms with Crippen LogP contribution in [0.2, 0.25) is 5.15 Å². The highest BCUT2D eigenvalue weighted by molar-refractivity contribution is 7.27. The van der Waals surface area contributed by atoms with Crippen molar-refractivity contribution in [3.63, 3.8) is 0 Å². The van der Waals surface area contributed by atoms with Crippen LogP contribution in [0, 0.1) is 0 Å². The maximum Gasteiger partial charge on any atom is 0.247 e. The molecule has 0 fully saturated rings. The molecule has 10 aromatic rings. The van der Waals surface area contributed by atoms with E-state index < -0.39 is 0 Å². The van der Waals surface area contributed by atoms with Crippen LogP contribution in [-0.4, -0.2) is 14.5 Å². The van der Waals surface area contributed by atoms with E-state index in [0.717, 1.165) is 45.0 Å². The summed E-state index contributed by atoms with van der Waals surface area (Å²) in [7, 11) is 0. The Hall–Kier alpha value is -5.75. The lowest BCUT2D eigenvalue weighted by Gasteiger charge is -2.10. The smallest absolute Gasteiger partial charge is 0.247 e. The highest BCUT2D eigenvalue weighted by atomic mass is 35.5. The van der Waals surface area contributed by atoms with Crippen LogP contribution >= 0.6 is 22.9 Å². The third kappa shape index (κ3) is 5.02. The predicted molar refractivity (Wildman–Crippen MR) is 228 cm³/mol. The predicted octanol–water partition coefficient (Wildman–Crippen LogP) is 12.8. The van der Waals surface area contributed by atoms with E-state index in [9.17, 15) is 0 Å². The van der Waals surface area contributed by atoms with Crippen molar-refractivity contribution in [2.24, 2.45) is 0 Å². The molecule has 4 nitrogen and oxygen atoms in total. The summed E-state index contributed by atoms with van der Waals surface area (Å²) in [6.45, 7) is 8.29. The first kappa shape index (κ1) is 33.1. The number of halogens is 1. The van der Waals surface area contributed by atoms with E-state index in [2.05, 4.69) is 115 Å². The van der Waals surface area contributed by atoms with Gasteiger partial charge in [-0.05, 0) is 40.5 Å². The molecule has 0 amide bonds. The third-order valence-electron chi connectivity index (χ3n) is 9.97. The molecule has 0 atom stereocenters. The normalized spacial score (nSPS) is 12.5. The van der Waals surface area contributed by atoms with Crippen LogP contribution in [0.5, 0.6) is 0 Å². The molecule has 0 aliphatic rings. The fourth-order valence-corrected chi connectivity index (χ4v) is 9.47. The molecule has 0 N–H and O–H groups in total. The second-order valence-corrected chi connectivity index (χ2v) is 14.2. The number of furan rings is 1. The molecule has 6 aromatic carbocycles. The largest absolute Gasteiger partial charge is 0.436 e. The summed E-state index contributed by atoms with van der Waals surface area (Å²) in [5.74, 6) is 1.30. The summed E-state index contributed by atoms with van der Waals surface area (Å²) in [6.07, 6.45) is 5.34. The summed E-state index contributed by atoms with van der Waals surface area (Å²) >= 11 is 9.11. The van der Waals surface area contributed by atoms with Gasteiger partial charge in [-0.25, -0.2) is 4.98 Å². The lowest BCUT2D eigenvalue weighted by atomic mass is 9.98. The maximum atomic E-state index is 7.27. The Kier molecular flexibility index (Phi) is 8.33. The Labute approximate surface area is 315 Å². The van der Waals surface area contributed by atoms with Crippen LogP contribution in [0.15, 0.2) is 126 Å². The highest BCUT2D eigenvalue weighted by Crippen LogP contribution is 2.46. The molecule has 258 valence electrons. The van der Waals surface area contributed by atoms with Gasteiger partial charge >= 0.3 is 0 Å². The third-order valence-corrected chi connectivity index (χ3v) is 11.5. The number of aromatic nitrogens is 3. The lowest BCUT2D eigenvalue weighted by Crippen LogP contribution is -2.29. The van der Waals surface area contributed by atoms with E-state index in [-0.39, 0.29) is 5.15 Å². The molecule has 0 unspecified atom stereocenters. The average molecular weight is 726 g/mol. The first-order chi connectivity index (χ1) is 26.2. The number of fused-ring (bicyclic) bond motifs is 11. The van der Waals surface area contributed by atoms with Gasteiger partial charge in [0.1, 0.15) is 11.3 Å². The molecule has 0 saturated heterocycles. The van der Waals surface area contributed by atoms with Crippen LogP contribution in [0.3, 0.4) is 0 Å². The summed E-state index contributed by atoms with van der Waals surface area (Å²) in [4.78, 5) is 10.4. The van der Waals surface area contributed by atoms with Crippen molar-refractivity contribution in [2.75, 3.05) is 0 Å². The number of nitrogens with zero attached hydrogens (tertiary/aromatic N) is 3. The van der Waals surface area contributed by atoms with Crippen LogP contribution in [-0.2, 0) is 0 Å². The number of hydrogen-bond donors (Lipinski definition) is 0. The standard InChI is InChI=1S/C45H30ClN3OS.C2H6/c1-3-15-34-29(4-2)36-31-22-13-14-23-32(31)37-33-25-24-26-16-11-12-21-30(26)41(33)51-42(37)39(36)49(34)44-43(46)48-45-38(47-44)35(27-17-7-5-8-18-27)40(50-45)28-19-9-6-10-20-28;1-2/h4-25H,3H2,1-2H3;1-2H3/b29-4+,34-15+;. The van der Waals surface area contributed by atoms with Crippen molar-refractivity contribution in [3.05, 3.63) is 137 Å². The van der Waals surface area contributed by atoms with Crippen molar-refractivity contribution in [3.8, 4) is 28.3 Å². The van der Waals surface area contributed by atoms with Gasteiger partial charge in [-0.15, -0.1) is 11.3 Å².